The molecule has 9 heteroatoms. The molecule has 0 fully saturated rings. The van der Waals surface area contributed by atoms with E-state index in [-0.39, 0.29) is 4.90 Å². The molecule has 1 heterocycles. The molecule has 1 aromatic heterocycles. The van der Waals surface area contributed by atoms with Crippen molar-refractivity contribution in [3.05, 3.63) is 103 Å². The zero-order chi connectivity index (χ0) is 26.7. The van der Waals surface area contributed by atoms with Crippen LogP contribution in [-0.4, -0.2) is 33.0 Å². The number of aryl methyl sites for hydroxylation is 1. The number of anilines is 2. The largest absolute Gasteiger partial charge is 0.497 e. The summed E-state index contributed by atoms with van der Waals surface area (Å²) in [7, 11) is -2.51. The van der Waals surface area contributed by atoms with Crippen molar-refractivity contribution in [3.63, 3.8) is 0 Å². The first-order chi connectivity index (χ1) is 18.3. The molecule has 0 aliphatic carbocycles. The minimum absolute atomic E-state index is 0.0889. The van der Waals surface area contributed by atoms with Gasteiger partial charge in [-0.15, -0.1) is 11.3 Å². The van der Waals surface area contributed by atoms with Gasteiger partial charge in [0.15, 0.2) is 0 Å². The first-order valence-electron chi connectivity index (χ1n) is 11.8. The molecule has 5 rings (SSSR count). The van der Waals surface area contributed by atoms with E-state index in [4.69, 9.17) is 9.72 Å². The van der Waals surface area contributed by atoms with E-state index >= 15 is 0 Å². The number of methoxy groups -OCH3 is 1. The van der Waals surface area contributed by atoms with Gasteiger partial charge < -0.3 is 10.1 Å². The summed E-state index contributed by atoms with van der Waals surface area (Å²) in [6.07, 6.45) is 0. The minimum Gasteiger partial charge on any atom is -0.497 e. The van der Waals surface area contributed by atoms with E-state index in [0.29, 0.717) is 17.1 Å². The molecule has 0 radical (unpaired) electrons. The average Bonchev–Trinajstić information content (AvgIpc) is 3.36. The summed E-state index contributed by atoms with van der Waals surface area (Å²) in [6.45, 7) is 1.64. The second kappa shape index (κ2) is 10.6. The standard InChI is InChI=1S/C29H25N3O4S2/c1-20-11-16-26-27(17-20)37-29(31-26)21-12-14-22(15-13-21)30-28(33)19-32(23-7-6-8-24(18-23)36-2)38(34,35)25-9-4-3-5-10-25/h3-18H,19H2,1-2H3,(H,30,33). The molecule has 0 aliphatic rings. The lowest BCUT2D eigenvalue weighted by Crippen LogP contribution is -2.38. The van der Waals surface area contributed by atoms with Crippen LogP contribution in [0.3, 0.4) is 0 Å². The fraction of sp³-hybridized carbons (Fsp3) is 0.103. The SMILES string of the molecule is COc1cccc(N(CC(=O)Nc2ccc(-c3nc4ccc(C)cc4s3)cc2)S(=O)(=O)c2ccccc2)c1. The normalized spacial score (nSPS) is 11.3. The van der Waals surface area contributed by atoms with Gasteiger partial charge in [-0.2, -0.15) is 0 Å². The second-order valence-electron chi connectivity index (χ2n) is 8.64. The first-order valence-corrected chi connectivity index (χ1v) is 14.1. The summed E-state index contributed by atoms with van der Waals surface area (Å²) < 4.78 is 34.5. The number of amides is 1. The lowest BCUT2D eigenvalue weighted by Gasteiger charge is -2.24. The fourth-order valence-electron chi connectivity index (χ4n) is 3.98. The van der Waals surface area contributed by atoms with Crippen molar-refractivity contribution in [1.82, 2.24) is 4.98 Å². The van der Waals surface area contributed by atoms with E-state index in [1.165, 1.54) is 24.8 Å². The smallest absolute Gasteiger partial charge is 0.264 e. The summed E-state index contributed by atoms with van der Waals surface area (Å²) in [5.41, 5.74) is 3.95. The highest BCUT2D eigenvalue weighted by Crippen LogP contribution is 2.31. The Labute approximate surface area is 225 Å². The Bertz CT molecular complexity index is 1700. The molecular formula is C29H25N3O4S2. The molecule has 0 saturated carbocycles. The number of sulfonamides is 1. The van der Waals surface area contributed by atoms with E-state index in [9.17, 15) is 13.2 Å². The summed E-state index contributed by atoms with van der Waals surface area (Å²) in [4.78, 5) is 17.9. The van der Waals surface area contributed by atoms with Crippen molar-refractivity contribution in [2.45, 2.75) is 11.8 Å². The van der Waals surface area contributed by atoms with Crippen molar-refractivity contribution in [2.24, 2.45) is 0 Å². The molecule has 1 amide bonds. The Hall–Kier alpha value is -4.21. The maximum Gasteiger partial charge on any atom is 0.264 e. The monoisotopic (exact) mass is 543 g/mol. The van der Waals surface area contributed by atoms with Gasteiger partial charge in [0.05, 0.1) is 27.9 Å². The highest BCUT2D eigenvalue weighted by molar-refractivity contribution is 7.92. The Morgan fingerprint density at radius 1 is 0.947 bits per heavy atom. The highest BCUT2D eigenvalue weighted by atomic mass is 32.2. The van der Waals surface area contributed by atoms with Crippen LogP contribution in [0.15, 0.2) is 102 Å². The number of rotatable bonds is 8. The van der Waals surface area contributed by atoms with Crippen LogP contribution in [0.25, 0.3) is 20.8 Å². The molecule has 38 heavy (non-hydrogen) atoms. The van der Waals surface area contributed by atoms with Crippen LogP contribution in [0.1, 0.15) is 5.56 Å². The lowest BCUT2D eigenvalue weighted by molar-refractivity contribution is -0.114. The first kappa shape index (κ1) is 25.4. The van der Waals surface area contributed by atoms with Crippen LogP contribution >= 0.6 is 11.3 Å². The molecule has 0 unspecified atom stereocenters. The van der Waals surface area contributed by atoms with Crippen molar-refractivity contribution < 1.29 is 17.9 Å². The summed E-state index contributed by atoms with van der Waals surface area (Å²) in [5, 5.41) is 3.70. The Morgan fingerprint density at radius 2 is 1.71 bits per heavy atom. The third-order valence-corrected chi connectivity index (χ3v) is 8.77. The number of nitrogens with one attached hydrogen (secondary N) is 1. The topological polar surface area (TPSA) is 88.6 Å². The molecule has 0 saturated heterocycles. The van der Waals surface area contributed by atoms with Crippen molar-refractivity contribution >= 4 is 48.9 Å². The zero-order valence-corrected chi connectivity index (χ0v) is 22.4. The van der Waals surface area contributed by atoms with Crippen molar-refractivity contribution in [2.75, 3.05) is 23.3 Å². The van der Waals surface area contributed by atoms with E-state index < -0.39 is 22.5 Å². The van der Waals surface area contributed by atoms with E-state index in [1.54, 1.807) is 65.9 Å². The predicted octanol–water partition coefficient (Wildman–Crippen LogP) is 6.11. The molecule has 0 spiro atoms. The van der Waals surface area contributed by atoms with E-state index in [0.717, 1.165) is 25.1 Å². The van der Waals surface area contributed by atoms with E-state index in [1.807, 2.05) is 24.3 Å². The summed E-state index contributed by atoms with van der Waals surface area (Å²) in [6, 6.07) is 28.1. The molecule has 0 aliphatic heterocycles. The Morgan fingerprint density at radius 3 is 2.45 bits per heavy atom. The van der Waals surface area contributed by atoms with Gasteiger partial charge in [-0.3, -0.25) is 9.10 Å². The summed E-state index contributed by atoms with van der Waals surface area (Å²) in [5.74, 6) is 0.00676. The maximum absolute atomic E-state index is 13.5. The lowest BCUT2D eigenvalue weighted by atomic mass is 10.2. The summed E-state index contributed by atoms with van der Waals surface area (Å²) >= 11 is 1.61. The van der Waals surface area contributed by atoms with Gasteiger partial charge in [0.25, 0.3) is 10.0 Å². The zero-order valence-electron chi connectivity index (χ0n) is 20.8. The van der Waals surface area contributed by atoms with Gasteiger partial charge in [0, 0.05) is 17.3 Å². The third kappa shape index (κ3) is 5.39. The molecule has 1 N–H and O–H groups in total. The molecule has 0 bridgehead atoms. The third-order valence-electron chi connectivity index (χ3n) is 5.92. The van der Waals surface area contributed by atoms with Gasteiger partial charge >= 0.3 is 0 Å². The number of nitrogens with zero attached hydrogens (tertiary/aromatic N) is 2. The quantitative estimate of drug-likeness (QED) is 0.255. The van der Waals surface area contributed by atoms with Crippen LogP contribution < -0.4 is 14.4 Å². The van der Waals surface area contributed by atoms with Gasteiger partial charge in [-0.05, 0) is 73.2 Å². The average molecular weight is 544 g/mol. The Balaban J connectivity index is 1.37. The molecule has 4 aromatic carbocycles. The number of hydrogen-bond donors (Lipinski definition) is 1. The molecular weight excluding hydrogens is 518 g/mol. The number of thiazole rings is 1. The maximum atomic E-state index is 13.5. The van der Waals surface area contributed by atoms with Crippen LogP contribution in [0, 0.1) is 6.92 Å². The molecule has 0 atom stereocenters. The number of aromatic nitrogens is 1. The van der Waals surface area contributed by atoms with Crippen LogP contribution in [-0.2, 0) is 14.8 Å². The molecule has 5 aromatic rings. The number of benzene rings is 4. The van der Waals surface area contributed by atoms with Crippen molar-refractivity contribution in [1.29, 1.82) is 0 Å². The predicted molar refractivity (Wildman–Crippen MR) is 152 cm³/mol. The van der Waals surface area contributed by atoms with Crippen molar-refractivity contribution in [3.8, 4) is 16.3 Å². The van der Waals surface area contributed by atoms with Crippen LogP contribution in [0.2, 0.25) is 0 Å². The van der Waals surface area contributed by atoms with Gasteiger partial charge in [0.2, 0.25) is 5.91 Å². The second-order valence-corrected chi connectivity index (χ2v) is 11.5. The molecule has 7 nitrogen and oxygen atoms in total. The van der Waals surface area contributed by atoms with Gasteiger partial charge in [-0.1, -0.05) is 30.3 Å². The molecule has 192 valence electrons. The van der Waals surface area contributed by atoms with Gasteiger partial charge in [-0.25, -0.2) is 13.4 Å². The number of carbonyl (C=O) groups excluding carboxylic acids is 1. The fourth-order valence-corrected chi connectivity index (χ4v) is 6.49. The Kier molecular flexibility index (Phi) is 7.13. The number of hydrogen-bond acceptors (Lipinski definition) is 6. The number of carbonyl (C=O) groups is 1. The van der Waals surface area contributed by atoms with Gasteiger partial charge in [0.1, 0.15) is 17.3 Å². The number of ether oxygens (including phenoxy) is 1. The van der Waals surface area contributed by atoms with Crippen LogP contribution in [0.4, 0.5) is 11.4 Å². The number of fused-ring (bicyclic) bond motifs is 1. The van der Waals surface area contributed by atoms with Crippen LogP contribution in [0.5, 0.6) is 5.75 Å². The highest BCUT2D eigenvalue weighted by Gasteiger charge is 2.27. The minimum atomic E-state index is -4.02. The van der Waals surface area contributed by atoms with E-state index in [2.05, 4.69) is 18.3 Å².